The number of carbonyl (C=O) groups is 2. The van der Waals surface area contributed by atoms with Crippen LogP contribution in [-0.4, -0.2) is 58.7 Å². The predicted octanol–water partition coefficient (Wildman–Crippen LogP) is 2.41. The van der Waals surface area contributed by atoms with Crippen LogP contribution >= 0.6 is 0 Å². The van der Waals surface area contributed by atoms with Crippen molar-refractivity contribution in [1.82, 2.24) is 19.7 Å². The highest BCUT2D eigenvalue weighted by Gasteiger charge is 2.26. The monoisotopic (exact) mass is 434 g/mol. The number of nitrogens with zero attached hydrogens (tertiary/aromatic N) is 5. The fourth-order valence-electron chi connectivity index (χ4n) is 3.61. The molecule has 1 aromatic carbocycles. The third-order valence-corrected chi connectivity index (χ3v) is 5.40. The van der Waals surface area contributed by atoms with E-state index in [0.29, 0.717) is 30.2 Å². The number of rotatable bonds is 8. The van der Waals surface area contributed by atoms with Crippen molar-refractivity contribution in [3.05, 3.63) is 66.1 Å². The van der Waals surface area contributed by atoms with Crippen molar-refractivity contribution in [1.29, 1.82) is 0 Å². The number of fused-ring (bicyclic) bond motifs is 1. The molecule has 9 heteroatoms. The summed E-state index contributed by atoms with van der Waals surface area (Å²) in [6.07, 6.45) is 5.97. The number of pyridine rings is 1. The van der Waals surface area contributed by atoms with Crippen LogP contribution in [-0.2, 0) is 17.9 Å². The fraction of sp³-hybridized carbons (Fsp3) is 0.304. The lowest BCUT2D eigenvalue weighted by molar-refractivity contribution is -0.117. The minimum Gasteiger partial charge on any atom is -0.497 e. The number of ether oxygens (including phenoxy) is 1. The van der Waals surface area contributed by atoms with Gasteiger partial charge >= 0.3 is 0 Å². The van der Waals surface area contributed by atoms with Crippen LogP contribution < -0.4 is 15.0 Å². The molecule has 0 saturated heterocycles. The first-order valence-electron chi connectivity index (χ1n) is 10.5. The van der Waals surface area contributed by atoms with Crippen LogP contribution in [0.4, 0.5) is 11.5 Å². The van der Waals surface area contributed by atoms with Crippen molar-refractivity contribution >= 4 is 23.3 Å². The maximum atomic E-state index is 13.0. The second-order valence-corrected chi connectivity index (χ2v) is 7.62. The molecule has 0 spiro atoms. The number of anilines is 2. The summed E-state index contributed by atoms with van der Waals surface area (Å²) < 4.78 is 7.04. The molecule has 1 N–H and O–H groups in total. The Morgan fingerprint density at radius 1 is 1.28 bits per heavy atom. The second-order valence-electron chi connectivity index (χ2n) is 7.62. The SMILES string of the molecule is COc1ccc(CN2C(=O)CNc3ncc(C(=O)N(C)CCCn4cccn4)cc32)cc1. The van der Waals surface area contributed by atoms with Crippen molar-refractivity contribution in [2.75, 3.05) is 37.5 Å². The summed E-state index contributed by atoms with van der Waals surface area (Å²) in [6.45, 7) is 1.87. The van der Waals surface area contributed by atoms with Crippen LogP contribution in [0, 0.1) is 0 Å². The van der Waals surface area contributed by atoms with E-state index in [9.17, 15) is 9.59 Å². The molecule has 9 nitrogen and oxygen atoms in total. The molecule has 3 aromatic rings. The zero-order valence-electron chi connectivity index (χ0n) is 18.2. The first kappa shape index (κ1) is 21.4. The predicted molar refractivity (Wildman–Crippen MR) is 121 cm³/mol. The van der Waals surface area contributed by atoms with Crippen LogP contribution in [0.2, 0.25) is 0 Å². The fourth-order valence-corrected chi connectivity index (χ4v) is 3.61. The molecule has 1 aliphatic rings. The summed E-state index contributed by atoms with van der Waals surface area (Å²) in [5, 5.41) is 7.21. The molecular weight excluding hydrogens is 408 g/mol. The van der Waals surface area contributed by atoms with E-state index in [0.717, 1.165) is 24.3 Å². The summed E-state index contributed by atoms with van der Waals surface area (Å²) in [7, 11) is 3.38. The number of amides is 2. The van der Waals surface area contributed by atoms with Crippen molar-refractivity contribution in [3.63, 3.8) is 0 Å². The Morgan fingerprint density at radius 2 is 2.09 bits per heavy atom. The molecule has 2 amide bonds. The van der Waals surface area contributed by atoms with Gasteiger partial charge in [-0.15, -0.1) is 0 Å². The van der Waals surface area contributed by atoms with Gasteiger partial charge in [-0.2, -0.15) is 5.10 Å². The van der Waals surface area contributed by atoms with Gasteiger partial charge in [0.2, 0.25) is 5.91 Å². The average Bonchev–Trinajstić information content (AvgIpc) is 3.34. The number of hydrogen-bond donors (Lipinski definition) is 1. The van der Waals surface area contributed by atoms with Gasteiger partial charge in [0, 0.05) is 38.7 Å². The second kappa shape index (κ2) is 9.51. The average molecular weight is 435 g/mol. The molecular formula is C23H26N6O3. The Hall–Kier alpha value is -3.88. The molecule has 4 rings (SSSR count). The van der Waals surface area contributed by atoms with E-state index in [1.807, 2.05) is 41.2 Å². The topological polar surface area (TPSA) is 92.6 Å². The van der Waals surface area contributed by atoms with E-state index >= 15 is 0 Å². The van der Waals surface area contributed by atoms with Crippen LogP contribution in [0.15, 0.2) is 55.0 Å². The molecule has 1 aliphatic heterocycles. The zero-order valence-corrected chi connectivity index (χ0v) is 18.2. The molecule has 0 bridgehead atoms. The molecule has 0 atom stereocenters. The van der Waals surface area contributed by atoms with E-state index in [1.165, 1.54) is 0 Å². The normalized spacial score (nSPS) is 12.8. The van der Waals surface area contributed by atoms with Gasteiger partial charge in [0.25, 0.3) is 5.91 Å². The number of carbonyl (C=O) groups excluding carboxylic acids is 2. The Bertz CT molecular complexity index is 1080. The first-order chi connectivity index (χ1) is 15.5. The third-order valence-electron chi connectivity index (χ3n) is 5.40. The molecule has 2 aromatic heterocycles. The van der Waals surface area contributed by atoms with E-state index in [4.69, 9.17) is 4.74 Å². The number of methoxy groups -OCH3 is 1. The van der Waals surface area contributed by atoms with Gasteiger partial charge in [-0.3, -0.25) is 14.3 Å². The minimum atomic E-state index is -0.136. The quantitative estimate of drug-likeness (QED) is 0.585. The van der Waals surface area contributed by atoms with Crippen molar-refractivity contribution < 1.29 is 14.3 Å². The highest BCUT2D eigenvalue weighted by Crippen LogP contribution is 2.30. The third kappa shape index (κ3) is 4.72. The molecule has 3 heterocycles. The van der Waals surface area contributed by atoms with Crippen LogP contribution in [0.1, 0.15) is 22.3 Å². The number of nitrogens with one attached hydrogen (secondary N) is 1. The van der Waals surface area contributed by atoms with Gasteiger partial charge in [-0.25, -0.2) is 4.98 Å². The Kier molecular flexibility index (Phi) is 6.34. The summed E-state index contributed by atoms with van der Waals surface area (Å²) in [4.78, 5) is 33.4. The van der Waals surface area contributed by atoms with E-state index in [2.05, 4.69) is 15.4 Å². The highest BCUT2D eigenvalue weighted by atomic mass is 16.5. The van der Waals surface area contributed by atoms with Crippen LogP contribution in [0.5, 0.6) is 5.75 Å². The summed E-state index contributed by atoms with van der Waals surface area (Å²) in [5.41, 5.74) is 2.01. The molecule has 166 valence electrons. The number of hydrogen-bond acceptors (Lipinski definition) is 6. The summed E-state index contributed by atoms with van der Waals surface area (Å²) >= 11 is 0. The molecule has 0 unspecified atom stereocenters. The van der Waals surface area contributed by atoms with Gasteiger partial charge in [0.15, 0.2) is 5.82 Å². The van der Waals surface area contributed by atoms with Gasteiger partial charge < -0.3 is 19.9 Å². The van der Waals surface area contributed by atoms with Gasteiger partial charge in [0.1, 0.15) is 5.75 Å². The Balaban J connectivity index is 1.48. The Morgan fingerprint density at radius 3 is 2.81 bits per heavy atom. The van der Waals surface area contributed by atoms with Crippen molar-refractivity contribution in [3.8, 4) is 5.75 Å². The van der Waals surface area contributed by atoms with Gasteiger partial charge in [-0.05, 0) is 36.2 Å². The van der Waals surface area contributed by atoms with Crippen molar-refractivity contribution in [2.45, 2.75) is 19.5 Å². The van der Waals surface area contributed by atoms with Crippen LogP contribution in [0.25, 0.3) is 0 Å². The molecule has 0 saturated carbocycles. The number of aromatic nitrogens is 3. The van der Waals surface area contributed by atoms with Gasteiger partial charge in [-0.1, -0.05) is 12.1 Å². The minimum absolute atomic E-state index is 0.0766. The largest absolute Gasteiger partial charge is 0.497 e. The number of aryl methyl sites for hydroxylation is 1. The smallest absolute Gasteiger partial charge is 0.255 e. The van der Waals surface area contributed by atoms with Crippen molar-refractivity contribution in [2.24, 2.45) is 0 Å². The highest BCUT2D eigenvalue weighted by molar-refractivity contribution is 6.04. The number of benzene rings is 1. The Labute approximate surface area is 186 Å². The molecule has 32 heavy (non-hydrogen) atoms. The van der Waals surface area contributed by atoms with Gasteiger partial charge in [0.05, 0.1) is 31.5 Å². The summed E-state index contributed by atoms with van der Waals surface area (Å²) in [6, 6.07) is 11.2. The molecule has 0 aliphatic carbocycles. The van der Waals surface area contributed by atoms with E-state index in [1.54, 1.807) is 42.4 Å². The molecule has 0 fully saturated rings. The summed E-state index contributed by atoms with van der Waals surface area (Å²) in [5.74, 6) is 1.14. The standard InChI is InChI=1S/C23H26N6O3/c1-27(10-4-12-28-11-3-9-26-28)23(31)18-13-20-22(24-14-18)25-15-21(30)29(20)16-17-5-7-19(32-2)8-6-17/h3,5-9,11,13-14H,4,10,12,15-16H2,1-2H3,(H,24,25). The van der Waals surface area contributed by atoms with E-state index in [-0.39, 0.29) is 18.4 Å². The first-order valence-corrected chi connectivity index (χ1v) is 10.5. The lowest BCUT2D eigenvalue weighted by atomic mass is 10.1. The lowest BCUT2D eigenvalue weighted by Crippen LogP contribution is -2.40. The molecule has 0 radical (unpaired) electrons. The van der Waals surface area contributed by atoms with Crippen LogP contribution in [0.3, 0.4) is 0 Å². The van der Waals surface area contributed by atoms with E-state index < -0.39 is 0 Å². The maximum Gasteiger partial charge on any atom is 0.255 e. The zero-order chi connectivity index (χ0) is 22.5. The maximum absolute atomic E-state index is 13.0. The lowest BCUT2D eigenvalue weighted by Gasteiger charge is -2.30.